The first-order valence-electron chi connectivity index (χ1n) is 6.92. The second-order valence-corrected chi connectivity index (χ2v) is 5.79. The van der Waals surface area contributed by atoms with E-state index in [0.29, 0.717) is 17.1 Å². The van der Waals surface area contributed by atoms with Crippen LogP contribution in [0.4, 0.5) is 5.82 Å². The van der Waals surface area contributed by atoms with Crippen LogP contribution < -0.4 is 5.73 Å². The van der Waals surface area contributed by atoms with Gasteiger partial charge in [-0.3, -0.25) is 4.57 Å². The van der Waals surface area contributed by atoms with E-state index in [0.717, 1.165) is 10.8 Å². The third-order valence-electron chi connectivity index (χ3n) is 3.30. The van der Waals surface area contributed by atoms with E-state index in [2.05, 4.69) is 34.0 Å². The number of nitrogens with two attached hydrogens (primary N) is 1. The van der Waals surface area contributed by atoms with Crippen molar-refractivity contribution in [1.82, 2.24) is 19.5 Å². The molecule has 0 atom stereocenters. The van der Waals surface area contributed by atoms with E-state index in [1.807, 2.05) is 29.0 Å². The van der Waals surface area contributed by atoms with Crippen molar-refractivity contribution in [2.45, 2.75) is 17.8 Å². The summed E-state index contributed by atoms with van der Waals surface area (Å²) in [6.45, 7) is 2.06. The van der Waals surface area contributed by atoms with Gasteiger partial charge in [0.2, 0.25) is 0 Å². The quantitative estimate of drug-likeness (QED) is 0.742. The lowest BCUT2D eigenvalue weighted by Gasteiger charge is -2.10. The van der Waals surface area contributed by atoms with Crippen LogP contribution in [0.25, 0.3) is 5.69 Å². The number of aryl methyl sites for hydroxylation is 1. The molecule has 0 aliphatic rings. The SMILES string of the molecule is Cc1ccccc1-n1ccnc1SCc1ncc(C#N)c(N)n1. The number of hydrogen-bond donors (Lipinski definition) is 1. The molecule has 7 heteroatoms. The van der Waals surface area contributed by atoms with Gasteiger partial charge in [-0.05, 0) is 18.6 Å². The van der Waals surface area contributed by atoms with Crippen LogP contribution in [-0.2, 0) is 5.75 Å². The molecule has 6 nitrogen and oxygen atoms in total. The number of nitrogens with zero attached hydrogens (tertiary/aromatic N) is 5. The highest BCUT2D eigenvalue weighted by Crippen LogP contribution is 2.24. The Bertz CT molecular complexity index is 880. The van der Waals surface area contributed by atoms with Gasteiger partial charge in [0.05, 0.1) is 17.6 Å². The van der Waals surface area contributed by atoms with Crippen molar-refractivity contribution in [2.24, 2.45) is 0 Å². The molecule has 0 saturated heterocycles. The van der Waals surface area contributed by atoms with Gasteiger partial charge in [0, 0.05) is 12.4 Å². The maximum absolute atomic E-state index is 8.85. The van der Waals surface area contributed by atoms with Gasteiger partial charge in [-0.25, -0.2) is 15.0 Å². The number of nitrogen functional groups attached to an aromatic ring is 1. The highest BCUT2D eigenvalue weighted by molar-refractivity contribution is 7.98. The number of rotatable bonds is 4. The monoisotopic (exact) mass is 322 g/mol. The summed E-state index contributed by atoms with van der Waals surface area (Å²) in [5, 5.41) is 9.70. The highest BCUT2D eigenvalue weighted by Gasteiger charge is 2.10. The standard InChI is InChI=1S/C16H14N6S/c1-11-4-2-3-5-13(11)22-7-6-19-16(22)23-10-14-20-9-12(8-17)15(18)21-14/h2-7,9H,10H2,1H3,(H2,18,20,21). The normalized spacial score (nSPS) is 10.4. The lowest BCUT2D eigenvalue weighted by atomic mass is 10.2. The van der Waals surface area contributed by atoms with Gasteiger partial charge in [0.15, 0.2) is 5.16 Å². The first-order chi connectivity index (χ1) is 11.2. The minimum absolute atomic E-state index is 0.209. The number of imidazole rings is 1. The molecule has 0 unspecified atom stereocenters. The number of hydrogen-bond acceptors (Lipinski definition) is 6. The minimum Gasteiger partial charge on any atom is -0.382 e. The van der Waals surface area contributed by atoms with E-state index in [1.54, 1.807) is 6.20 Å². The van der Waals surface area contributed by atoms with Crippen molar-refractivity contribution >= 4 is 17.6 Å². The summed E-state index contributed by atoms with van der Waals surface area (Å²) >= 11 is 1.52. The molecular formula is C16H14N6S. The van der Waals surface area contributed by atoms with Crippen molar-refractivity contribution in [1.29, 1.82) is 5.26 Å². The van der Waals surface area contributed by atoms with Crippen LogP contribution in [0.3, 0.4) is 0 Å². The summed E-state index contributed by atoms with van der Waals surface area (Å²) in [5.74, 6) is 1.31. The van der Waals surface area contributed by atoms with Crippen LogP contribution in [0.15, 0.2) is 48.0 Å². The predicted octanol–water partition coefficient (Wildman–Crippen LogP) is 2.72. The first kappa shape index (κ1) is 15.1. The number of anilines is 1. The van der Waals surface area contributed by atoms with Gasteiger partial charge in [-0.1, -0.05) is 30.0 Å². The number of nitriles is 1. The zero-order valence-corrected chi connectivity index (χ0v) is 13.3. The Kier molecular flexibility index (Phi) is 4.26. The lowest BCUT2D eigenvalue weighted by Crippen LogP contribution is -2.02. The van der Waals surface area contributed by atoms with E-state index in [1.165, 1.54) is 23.5 Å². The summed E-state index contributed by atoms with van der Waals surface area (Å²) in [6, 6.07) is 10.1. The molecule has 1 aromatic carbocycles. The molecule has 0 aliphatic heterocycles. The van der Waals surface area contributed by atoms with Crippen molar-refractivity contribution in [3.63, 3.8) is 0 Å². The van der Waals surface area contributed by atoms with Crippen LogP contribution in [-0.4, -0.2) is 19.5 Å². The van der Waals surface area contributed by atoms with Crippen molar-refractivity contribution in [3.8, 4) is 11.8 Å². The lowest BCUT2D eigenvalue weighted by molar-refractivity contribution is 0.885. The number of aromatic nitrogens is 4. The molecule has 0 amide bonds. The van der Waals surface area contributed by atoms with Gasteiger partial charge in [-0.15, -0.1) is 0 Å². The molecule has 0 fully saturated rings. The molecule has 3 rings (SSSR count). The molecule has 0 spiro atoms. The van der Waals surface area contributed by atoms with Crippen LogP contribution in [0.1, 0.15) is 17.0 Å². The fraction of sp³-hybridized carbons (Fsp3) is 0.125. The summed E-state index contributed by atoms with van der Waals surface area (Å²) in [5.41, 5.74) is 8.27. The molecule has 0 saturated carbocycles. The molecule has 2 aromatic heterocycles. The zero-order chi connectivity index (χ0) is 16.2. The zero-order valence-electron chi connectivity index (χ0n) is 12.5. The maximum atomic E-state index is 8.85. The molecule has 0 radical (unpaired) electrons. The van der Waals surface area contributed by atoms with E-state index in [4.69, 9.17) is 11.0 Å². The number of thioether (sulfide) groups is 1. The third kappa shape index (κ3) is 3.17. The van der Waals surface area contributed by atoms with Crippen molar-refractivity contribution in [3.05, 3.63) is 59.8 Å². The average molecular weight is 322 g/mol. The van der Waals surface area contributed by atoms with Gasteiger partial charge in [0.25, 0.3) is 0 Å². The fourth-order valence-electron chi connectivity index (χ4n) is 2.13. The smallest absolute Gasteiger partial charge is 0.173 e. The molecule has 114 valence electrons. The average Bonchev–Trinajstić information content (AvgIpc) is 3.02. The second-order valence-electron chi connectivity index (χ2n) is 4.85. The molecule has 0 aliphatic carbocycles. The van der Waals surface area contributed by atoms with Crippen LogP contribution in [0.5, 0.6) is 0 Å². The van der Waals surface area contributed by atoms with Crippen molar-refractivity contribution in [2.75, 3.05) is 5.73 Å². The summed E-state index contributed by atoms with van der Waals surface area (Å²) in [4.78, 5) is 12.7. The Morgan fingerprint density at radius 1 is 1.30 bits per heavy atom. The Morgan fingerprint density at radius 3 is 2.87 bits per heavy atom. The van der Waals surface area contributed by atoms with E-state index in [9.17, 15) is 0 Å². The molecule has 2 heterocycles. The van der Waals surface area contributed by atoms with E-state index < -0.39 is 0 Å². The Morgan fingerprint density at radius 2 is 2.13 bits per heavy atom. The van der Waals surface area contributed by atoms with E-state index >= 15 is 0 Å². The van der Waals surface area contributed by atoms with Gasteiger partial charge < -0.3 is 5.73 Å². The van der Waals surface area contributed by atoms with Gasteiger partial charge >= 0.3 is 0 Å². The summed E-state index contributed by atoms with van der Waals surface area (Å²) in [7, 11) is 0. The minimum atomic E-state index is 0.209. The molecule has 23 heavy (non-hydrogen) atoms. The van der Waals surface area contributed by atoms with Crippen LogP contribution in [0.2, 0.25) is 0 Å². The molecule has 2 N–H and O–H groups in total. The van der Waals surface area contributed by atoms with Crippen LogP contribution >= 0.6 is 11.8 Å². The Labute approximate surface area is 138 Å². The number of benzene rings is 1. The summed E-state index contributed by atoms with van der Waals surface area (Å²) in [6.07, 6.45) is 5.15. The van der Waals surface area contributed by atoms with Crippen molar-refractivity contribution < 1.29 is 0 Å². The second kappa shape index (κ2) is 6.50. The predicted molar refractivity (Wildman–Crippen MR) is 89.0 cm³/mol. The maximum Gasteiger partial charge on any atom is 0.173 e. The Hall–Kier alpha value is -2.85. The molecular weight excluding hydrogens is 308 g/mol. The fourth-order valence-corrected chi connectivity index (χ4v) is 2.96. The topological polar surface area (TPSA) is 93.4 Å². The summed E-state index contributed by atoms with van der Waals surface area (Å²) < 4.78 is 2.03. The van der Waals surface area contributed by atoms with Gasteiger partial charge in [0.1, 0.15) is 23.3 Å². The largest absolute Gasteiger partial charge is 0.382 e. The van der Waals surface area contributed by atoms with E-state index in [-0.39, 0.29) is 5.82 Å². The first-order valence-corrected chi connectivity index (χ1v) is 7.91. The highest BCUT2D eigenvalue weighted by atomic mass is 32.2. The molecule has 3 aromatic rings. The van der Waals surface area contributed by atoms with Gasteiger partial charge in [-0.2, -0.15) is 5.26 Å². The number of para-hydroxylation sites is 1. The van der Waals surface area contributed by atoms with Crippen LogP contribution in [0, 0.1) is 18.3 Å². The molecule has 0 bridgehead atoms. The third-order valence-corrected chi connectivity index (χ3v) is 4.26. The Balaban J connectivity index is 1.80.